The Labute approximate surface area is 49.2 Å². The standard InChI is InChI=1S/CH2B2IS/c2-5(3)1-4/h1H2. The normalized spacial score (nSPS) is 7.60. The van der Waals surface area contributed by atoms with E-state index in [4.69, 9.17) is 13.3 Å². The molecule has 0 aliphatic rings. The summed E-state index contributed by atoms with van der Waals surface area (Å²) in [6, 6.07) is 0. The van der Waals surface area contributed by atoms with Crippen LogP contribution in [0.5, 0.6) is 0 Å². The molecule has 0 saturated carbocycles. The Balaban J connectivity index is 3.39. The monoisotopic (exact) mass is 195 g/mol. The van der Waals surface area contributed by atoms with Gasteiger partial charge in [0.2, 0.25) is 0 Å². The van der Waals surface area contributed by atoms with E-state index in [0.29, 0.717) is 0 Å². The van der Waals surface area contributed by atoms with E-state index in [1.807, 2.05) is 0 Å². The minimum atomic E-state index is -0.336. The van der Waals surface area contributed by atoms with Crippen molar-refractivity contribution < 1.29 is 0 Å². The Bertz CT molecular complexity index is 111. The van der Waals surface area contributed by atoms with E-state index in [1.54, 1.807) is 0 Å². The summed E-state index contributed by atoms with van der Waals surface area (Å²) in [5.41, 5.74) is 0. The van der Waals surface area contributed by atoms with Crippen molar-refractivity contribution in [2.75, 3.05) is 3.76 Å². The van der Waals surface area contributed by atoms with E-state index in [1.165, 1.54) is 0 Å². The van der Waals surface area contributed by atoms with Gasteiger partial charge in [0, 0.05) is 0 Å². The first-order chi connectivity index (χ1) is 2.27. The fraction of sp³-hybridized carbons (Fsp3) is 1.00. The Morgan fingerprint density at radius 2 is 2.00 bits per heavy atom. The molecule has 0 aliphatic carbocycles. The molecule has 0 fully saturated rings. The van der Waals surface area contributed by atoms with Crippen LogP contribution >= 0.6 is 32.1 Å². The molecule has 0 aliphatic heterocycles. The van der Waals surface area contributed by atoms with Crippen LogP contribution in [0.25, 0.3) is 0 Å². The van der Waals surface area contributed by atoms with Crippen LogP contribution in [0.1, 0.15) is 0 Å². The number of hydrogen-bond donors (Lipinski definition) is 0. The zero-order chi connectivity index (χ0) is 4.28. The number of hydrogen-bond acceptors (Lipinski definition) is 0. The van der Waals surface area contributed by atoms with Gasteiger partial charge >= 0.3 is 49.2 Å². The number of alkyl halides is 1. The van der Waals surface area contributed by atoms with Crippen LogP contribution in [0.15, 0.2) is 0 Å². The molecule has 0 nitrogen and oxygen atoms in total. The molecule has 0 rings (SSSR count). The van der Waals surface area contributed by atoms with Crippen molar-refractivity contribution in [3.63, 3.8) is 0 Å². The first-order valence-corrected chi connectivity index (χ1v) is 4.07. The predicted molar refractivity (Wildman–Crippen MR) is 38.0 cm³/mol. The molecule has 0 saturated heterocycles. The first kappa shape index (κ1) is 6.08. The third-order valence-electron chi connectivity index (χ3n) is 0.126. The van der Waals surface area contributed by atoms with Crippen LogP contribution in [0.3, 0.4) is 0 Å². The number of rotatable bonds is 0. The van der Waals surface area contributed by atoms with Gasteiger partial charge in [-0.1, -0.05) is 0 Å². The average molecular weight is 195 g/mol. The molecule has 1 radical (unpaired) electrons. The molecular weight excluding hydrogens is 193 g/mol. The van der Waals surface area contributed by atoms with Crippen LogP contribution in [0, 0.1) is 0 Å². The molecule has 0 aromatic carbocycles. The fourth-order valence-electron chi connectivity index (χ4n) is 0. The summed E-state index contributed by atoms with van der Waals surface area (Å²) in [4.78, 5) is 0. The SMILES string of the molecule is [B]=S(#B)CI. The van der Waals surface area contributed by atoms with E-state index in [9.17, 15) is 0 Å². The summed E-state index contributed by atoms with van der Waals surface area (Å²) in [5, 5.41) is 0. The maximum absolute atomic E-state index is 5.09. The molecule has 5 heavy (non-hydrogen) atoms. The minimum absolute atomic E-state index is 0.336. The van der Waals surface area contributed by atoms with Crippen molar-refractivity contribution in [1.82, 2.24) is 0 Å². The van der Waals surface area contributed by atoms with E-state index >= 15 is 0 Å². The van der Waals surface area contributed by atoms with Crippen molar-refractivity contribution >= 4 is 45.4 Å². The second kappa shape index (κ2) is 3.28. The molecule has 0 heterocycles. The van der Waals surface area contributed by atoms with Crippen molar-refractivity contribution in [1.29, 1.82) is 0 Å². The summed E-state index contributed by atoms with van der Waals surface area (Å²) in [6.45, 7) is 10.2. The van der Waals surface area contributed by atoms with Gasteiger partial charge in [-0.15, -0.1) is 0 Å². The summed E-state index contributed by atoms with van der Waals surface area (Å²) < 4.78 is 0.859. The molecule has 0 N–H and O–H groups in total. The van der Waals surface area contributed by atoms with Crippen molar-refractivity contribution in [2.24, 2.45) is 0 Å². The molecule has 0 aromatic rings. The fourth-order valence-corrected chi connectivity index (χ4v) is 0. The summed E-state index contributed by atoms with van der Waals surface area (Å²) >= 11 is 2.14. The van der Waals surface area contributed by atoms with Crippen LogP contribution in [-0.4, -0.2) is 17.0 Å². The van der Waals surface area contributed by atoms with Crippen LogP contribution < -0.4 is 0 Å². The van der Waals surface area contributed by atoms with E-state index in [-0.39, 0.29) is 9.56 Å². The quantitative estimate of drug-likeness (QED) is 0.304. The van der Waals surface area contributed by atoms with Gasteiger partial charge in [0.05, 0.1) is 0 Å². The molecule has 4 heteroatoms. The molecule has 0 unspecified atom stereocenters. The zero-order valence-electron chi connectivity index (χ0n) is 2.65. The van der Waals surface area contributed by atoms with Crippen LogP contribution in [0.2, 0.25) is 0 Å². The molecular formula is CH2B2IS. The molecule has 0 aromatic heterocycles. The molecule has 25 valence electrons. The van der Waals surface area contributed by atoms with Gasteiger partial charge in [-0.25, -0.2) is 0 Å². The summed E-state index contributed by atoms with van der Waals surface area (Å²) in [5.74, 6) is 0. The molecule has 0 spiro atoms. The average Bonchev–Trinajstić information content (AvgIpc) is 1.38. The van der Waals surface area contributed by atoms with Gasteiger partial charge in [-0.2, -0.15) is 0 Å². The molecule has 0 atom stereocenters. The Morgan fingerprint density at radius 1 is 1.80 bits per heavy atom. The Kier molecular flexibility index (Phi) is 3.98. The van der Waals surface area contributed by atoms with Gasteiger partial charge < -0.3 is 0 Å². The molecule has 0 bridgehead atoms. The topological polar surface area (TPSA) is 0 Å². The third kappa shape index (κ3) is 5.08. The second-order valence-electron chi connectivity index (χ2n) is 0.579. The van der Waals surface area contributed by atoms with Crippen LogP contribution in [-0.2, 0) is 0 Å². The first-order valence-electron chi connectivity index (χ1n) is 1.03. The van der Waals surface area contributed by atoms with E-state index in [2.05, 4.69) is 22.6 Å². The van der Waals surface area contributed by atoms with Gasteiger partial charge in [0.1, 0.15) is 0 Å². The summed E-state index contributed by atoms with van der Waals surface area (Å²) in [6.07, 6.45) is 0. The Morgan fingerprint density at radius 3 is 2.00 bits per heavy atom. The van der Waals surface area contributed by atoms with Crippen LogP contribution in [0.4, 0.5) is 0 Å². The van der Waals surface area contributed by atoms with Gasteiger partial charge in [0.15, 0.2) is 0 Å². The maximum atomic E-state index is 5.09. The molecule has 0 amide bonds. The summed E-state index contributed by atoms with van der Waals surface area (Å²) in [7, 11) is -0.336. The second-order valence-corrected chi connectivity index (χ2v) is 3.60. The van der Waals surface area contributed by atoms with Crippen molar-refractivity contribution in [3.05, 3.63) is 0 Å². The van der Waals surface area contributed by atoms with Gasteiger partial charge in [-0.3, -0.25) is 0 Å². The van der Waals surface area contributed by atoms with Gasteiger partial charge in [0.25, 0.3) is 0 Å². The van der Waals surface area contributed by atoms with Gasteiger partial charge in [-0.05, 0) is 0 Å². The predicted octanol–water partition coefficient (Wildman–Crippen LogP) is 0.815. The van der Waals surface area contributed by atoms with Crippen molar-refractivity contribution in [3.8, 4) is 0 Å². The van der Waals surface area contributed by atoms with Crippen molar-refractivity contribution in [2.45, 2.75) is 0 Å². The van der Waals surface area contributed by atoms with E-state index < -0.39 is 0 Å². The third-order valence-corrected chi connectivity index (χ3v) is 2.54. The zero-order valence-corrected chi connectivity index (χ0v) is 5.62. The van der Waals surface area contributed by atoms with E-state index in [0.717, 1.165) is 3.76 Å². The number of halogens is 1. The Hall–Kier alpha value is 1.08.